The molecule has 6 rings (SSSR count). The first-order valence-corrected chi connectivity index (χ1v) is 13.0. The summed E-state index contributed by atoms with van der Waals surface area (Å²) in [7, 11) is 0. The third-order valence-electron chi connectivity index (χ3n) is 6.18. The molecule has 0 unspecified atom stereocenters. The van der Waals surface area contributed by atoms with Crippen LogP contribution in [0.2, 0.25) is 0 Å². The van der Waals surface area contributed by atoms with Gasteiger partial charge in [0, 0.05) is 34.9 Å². The fourth-order valence-corrected chi connectivity index (χ4v) is 5.33. The normalized spacial score (nSPS) is 12.8. The van der Waals surface area contributed by atoms with Crippen LogP contribution in [0.25, 0.3) is 37.8 Å². The van der Waals surface area contributed by atoms with Gasteiger partial charge in [0.15, 0.2) is 0 Å². The molecule has 4 heteroatoms. The van der Waals surface area contributed by atoms with Gasteiger partial charge in [-0.3, -0.25) is 4.98 Å². The summed E-state index contributed by atoms with van der Waals surface area (Å²) in [5, 5.41) is 4.65. The van der Waals surface area contributed by atoms with E-state index in [-0.39, 0.29) is 0 Å². The van der Waals surface area contributed by atoms with Crippen LogP contribution in [0.4, 0.5) is 11.4 Å². The van der Waals surface area contributed by atoms with Crippen LogP contribution in [0.3, 0.4) is 0 Å². The highest BCUT2D eigenvalue weighted by Crippen LogP contribution is 2.35. The van der Waals surface area contributed by atoms with E-state index < -0.39 is 0 Å². The van der Waals surface area contributed by atoms with Crippen molar-refractivity contribution in [1.29, 1.82) is 0 Å². The van der Waals surface area contributed by atoms with Crippen molar-refractivity contribution in [3.05, 3.63) is 127 Å². The van der Waals surface area contributed by atoms with Crippen molar-refractivity contribution in [3.8, 4) is 32.3 Å². The van der Waals surface area contributed by atoms with E-state index in [0.29, 0.717) is 0 Å². The Morgan fingerprint density at radius 1 is 0.667 bits per heavy atom. The zero-order valence-electron chi connectivity index (χ0n) is 19.8. The molecule has 0 bridgehead atoms. The fourth-order valence-electron chi connectivity index (χ4n) is 4.42. The Bertz CT molecular complexity index is 1550. The molecule has 0 radical (unpaired) electrons. The van der Waals surface area contributed by atoms with Gasteiger partial charge in [-0.15, -0.1) is 11.3 Å². The largest absolute Gasteiger partial charge is 0.355 e. The van der Waals surface area contributed by atoms with Crippen LogP contribution in [0.15, 0.2) is 122 Å². The van der Waals surface area contributed by atoms with Crippen LogP contribution >= 0.6 is 11.3 Å². The predicted molar refractivity (Wildman–Crippen MR) is 152 cm³/mol. The molecule has 0 saturated carbocycles. The maximum Gasteiger partial charge on any atom is 0.123 e. The van der Waals surface area contributed by atoms with Crippen LogP contribution < -0.4 is 5.32 Å². The molecular formula is C32H25N3S. The summed E-state index contributed by atoms with van der Waals surface area (Å²) in [5.74, 6) is 0. The van der Waals surface area contributed by atoms with E-state index in [1.165, 1.54) is 21.6 Å². The first-order valence-electron chi connectivity index (χ1n) is 12.1. The van der Waals surface area contributed by atoms with E-state index in [9.17, 15) is 0 Å². The van der Waals surface area contributed by atoms with Crippen molar-refractivity contribution in [1.82, 2.24) is 9.97 Å². The zero-order valence-corrected chi connectivity index (χ0v) is 20.6. The molecule has 0 saturated heterocycles. The summed E-state index contributed by atoms with van der Waals surface area (Å²) in [4.78, 5) is 10.5. The number of nitrogens with zero attached hydrogens (tertiary/aromatic N) is 2. The Morgan fingerprint density at radius 3 is 2.33 bits per heavy atom. The average molecular weight is 484 g/mol. The topological polar surface area (TPSA) is 37.8 Å². The third kappa shape index (κ3) is 4.90. The minimum atomic E-state index is 0.966. The van der Waals surface area contributed by atoms with Crippen LogP contribution in [0.5, 0.6) is 0 Å². The van der Waals surface area contributed by atoms with Crippen molar-refractivity contribution < 1.29 is 0 Å². The fraction of sp³-hybridized carbons (Fsp3) is 0.0625. The molecule has 1 aliphatic rings. The molecule has 0 spiro atoms. The minimum absolute atomic E-state index is 0.966. The van der Waals surface area contributed by atoms with E-state index in [0.717, 1.165) is 46.0 Å². The van der Waals surface area contributed by atoms with Crippen LogP contribution in [0.1, 0.15) is 18.4 Å². The quantitative estimate of drug-likeness (QED) is 0.262. The summed E-state index contributed by atoms with van der Waals surface area (Å²) in [5.41, 5.74) is 8.88. The Balaban J connectivity index is 1.33. The highest BCUT2D eigenvalue weighted by molar-refractivity contribution is 7.18. The molecule has 2 heterocycles. The SMILES string of the molecule is C1=CC(c2cc(Nc3cccc(-c4ncc(-c5ccccc5)s4)c3)cc(-c3ccccn3)c2)=CCC1. The van der Waals surface area contributed by atoms with Gasteiger partial charge in [-0.1, -0.05) is 66.8 Å². The molecule has 3 nitrogen and oxygen atoms in total. The average Bonchev–Trinajstić information content (AvgIpc) is 3.45. The first-order chi connectivity index (χ1) is 17.8. The summed E-state index contributed by atoms with van der Waals surface area (Å²) in [6, 6.07) is 31.5. The zero-order chi connectivity index (χ0) is 24.2. The van der Waals surface area contributed by atoms with E-state index in [1.807, 2.05) is 30.6 Å². The molecule has 0 aliphatic heterocycles. The number of anilines is 2. The maximum absolute atomic E-state index is 4.71. The predicted octanol–water partition coefficient (Wildman–Crippen LogP) is 9.02. The monoisotopic (exact) mass is 483 g/mol. The standard InChI is InChI=1S/C32H25N3S/c1-3-10-23(11-4-1)26-18-27(30-16-7-8-17-33-30)21-29(20-26)35-28-15-9-14-25(19-28)32-34-22-31(36-32)24-12-5-2-6-13-24/h2-3,5-22,35H,1,4H2. The molecule has 0 atom stereocenters. The van der Waals surface area contributed by atoms with Gasteiger partial charge in [-0.2, -0.15) is 0 Å². The van der Waals surface area contributed by atoms with Crippen LogP contribution in [-0.4, -0.2) is 9.97 Å². The summed E-state index contributed by atoms with van der Waals surface area (Å²) in [6.45, 7) is 0. The molecule has 5 aromatic rings. The second-order valence-electron chi connectivity index (χ2n) is 8.75. The van der Waals surface area contributed by atoms with E-state index in [1.54, 1.807) is 11.3 Å². The number of allylic oxidation sites excluding steroid dienone is 4. The van der Waals surface area contributed by atoms with Crippen molar-refractivity contribution in [2.75, 3.05) is 5.32 Å². The van der Waals surface area contributed by atoms with Crippen molar-refractivity contribution in [2.45, 2.75) is 12.8 Å². The number of pyridine rings is 1. The van der Waals surface area contributed by atoms with Crippen LogP contribution in [-0.2, 0) is 0 Å². The molecular weight excluding hydrogens is 458 g/mol. The van der Waals surface area contributed by atoms with Gasteiger partial charge in [0.2, 0.25) is 0 Å². The Hall–Kier alpha value is -4.28. The first kappa shape index (κ1) is 22.2. The van der Waals surface area contributed by atoms with Gasteiger partial charge in [-0.05, 0) is 72.0 Å². The lowest BCUT2D eigenvalue weighted by Crippen LogP contribution is -1.95. The number of hydrogen-bond donors (Lipinski definition) is 1. The summed E-state index contributed by atoms with van der Waals surface area (Å²) < 4.78 is 0. The lowest BCUT2D eigenvalue weighted by Gasteiger charge is -2.14. The smallest absolute Gasteiger partial charge is 0.123 e. The van der Waals surface area contributed by atoms with Gasteiger partial charge in [0.25, 0.3) is 0 Å². The highest BCUT2D eigenvalue weighted by atomic mass is 32.1. The second-order valence-corrected chi connectivity index (χ2v) is 9.79. The third-order valence-corrected chi connectivity index (χ3v) is 7.28. The summed E-state index contributed by atoms with van der Waals surface area (Å²) >= 11 is 1.71. The Kier molecular flexibility index (Phi) is 6.26. The van der Waals surface area contributed by atoms with Crippen molar-refractivity contribution in [3.63, 3.8) is 0 Å². The second kappa shape index (κ2) is 10.1. The number of thiazole rings is 1. The number of hydrogen-bond acceptors (Lipinski definition) is 4. The highest BCUT2D eigenvalue weighted by Gasteiger charge is 2.10. The van der Waals surface area contributed by atoms with Gasteiger partial charge in [0.1, 0.15) is 5.01 Å². The Morgan fingerprint density at radius 2 is 1.50 bits per heavy atom. The number of aromatic nitrogens is 2. The number of nitrogens with one attached hydrogen (secondary N) is 1. The molecule has 1 N–H and O–H groups in total. The lowest BCUT2D eigenvalue weighted by molar-refractivity contribution is 1.04. The molecule has 0 fully saturated rings. The van der Waals surface area contributed by atoms with Crippen LogP contribution in [0, 0.1) is 0 Å². The molecule has 2 aromatic heterocycles. The Labute approximate surface area is 215 Å². The van der Waals surface area contributed by atoms with E-state index in [4.69, 9.17) is 4.98 Å². The van der Waals surface area contributed by atoms with E-state index >= 15 is 0 Å². The number of rotatable bonds is 6. The van der Waals surface area contributed by atoms with Crippen molar-refractivity contribution >= 4 is 28.3 Å². The molecule has 1 aliphatic carbocycles. The summed E-state index contributed by atoms with van der Waals surface area (Å²) in [6.07, 6.45) is 12.8. The number of benzene rings is 3. The minimum Gasteiger partial charge on any atom is -0.355 e. The molecule has 36 heavy (non-hydrogen) atoms. The molecule has 174 valence electrons. The molecule has 0 amide bonds. The van der Waals surface area contributed by atoms with E-state index in [2.05, 4.69) is 101 Å². The van der Waals surface area contributed by atoms with Gasteiger partial charge in [-0.25, -0.2) is 4.98 Å². The molecule has 3 aromatic carbocycles. The lowest BCUT2D eigenvalue weighted by atomic mass is 9.96. The van der Waals surface area contributed by atoms with Gasteiger partial charge < -0.3 is 5.32 Å². The van der Waals surface area contributed by atoms with Gasteiger partial charge in [0.05, 0.1) is 10.6 Å². The van der Waals surface area contributed by atoms with Crippen molar-refractivity contribution in [2.24, 2.45) is 0 Å². The van der Waals surface area contributed by atoms with Gasteiger partial charge >= 0.3 is 0 Å². The maximum atomic E-state index is 4.71.